The van der Waals surface area contributed by atoms with Gasteiger partial charge in [-0.15, -0.1) is 0 Å². The molecule has 0 unspecified atom stereocenters. The van der Waals surface area contributed by atoms with E-state index in [1.165, 1.54) is 193 Å². The first-order valence-electron chi connectivity index (χ1n) is 19.6. The van der Waals surface area contributed by atoms with Crippen molar-refractivity contribution in [2.75, 3.05) is 13.2 Å². The summed E-state index contributed by atoms with van der Waals surface area (Å²) >= 11 is 0. The maximum absolute atomic E-state index is 5.52. The maximum atomic E-state index is 5.52. The molecule has 0 saturated carbocycles. The summed E-state index contributed by atoms with van der Waals surface area (Å²) in [6.07, 6.45) is 51.0. The fraction of sp³-hybridized carbons (Fsp3) is 0.900. The van der Waals surface area contributed by atoms with Gasteiger partial charge in [-0.1, -0.05) is 206 Å². The van der Waals surface area contributed by atoms with Crippen molar-refractivity contribution in [2.45, 2.75) is 219 Å². The van der Waals surface area contributed by atoms with Crippen LogP contribution >= 0.6 is 0 Å². The lowest BCUT2D eigenvalue weighted by Crippen LogP contribution is -1.89. The van der Waals surface area contributed by atoms with E-state index < -0.39 is 0 Å². The Hall–Kier alpha value is -1.12. The largest absolute Gasteiger partial charge is 0.498 e. The minimum absolute atomic E-state index is 0.776. The average molecular weight is 607 g/mol. The topological polar surface area (TPSA) is 27.7 Å². The number of hydrogen-bond acceptors (Lipinski definition) is 3. The van der Waals surface area contributed by atoms with Crippen LogP contribution in [0.3, 0.4) is 0 Å². The smallest absolute Gasteiger partial charge is 0.125 e. The molecule has 0 spiro atoms. The number of unbranched alkanes of at least 4 members (excludes halogenated alkanes) is 30. The molecule has 0 N–H and O–H groups in total. The SMILES string of the molecule is CCCCCCCCCCCCCCCCCCOC=COC=COCCCCCCCCCCCCCCCCCC. The second kappa shape index (κ2) is 40.9. The Kier molecular flexibility index (Phi) is 39.8. The van der Waals surface area contributed by atoms with Crippen molar-refractivity contribution in [1.29, 1.82) is 0 Å². The van der Waals surface area contributed by atoms with Gasteiger partial charge in [-0.05, 0) is 12.8 Å². The lowest BCUT2D eigenvalue weighted by Gasteiger charge is -2.04. The predicted octanol–water partition coefficient (Wildman–Crippen LogP) is 14.5. The molecule has 0 heterocycles. The molecule has 0 amide bonds. The number of ether oxygens (including phenoxy) is 3. The Bertz CT molecular complexity index is 484. The van der Waals surface area contributed by atoms with Crippen LogP contribution in [0, 0.1) is 0 Å². The van der Waals surface area contributed by atoms with Gasteiger partial charge in [-0.3, -0.25) is 0 Å². The van der Waals surface area contributed by atoms with Crippen molar-refractivity contribution in [3.8, 4) is 0 Å². The monoisotopic (exact) mass is 607 g/mol. The Morgan fingerprint density at radius 3 is 0.698 bits per heavy atom. The van der Waals surface area contributed by atoms with Crippen LogP contribution in [-0.2, 0) is 14.2 Å². The molecular formula is C40H78O3. The highest BCUT2D eigenvalue weighted by atomic mass is 16.5. The van der Waals surface area contributed by atoms with Gasteiger partial charge in [-0.25, -0.2) is 0 Å². The first kappa shape index (κ1) is 41.9. The molecule has 0 aromatic rings. The molecule has 0 aliphatic carbocycles. The fourth-order valence-electron chi connectivity index (χ4n) is 5.79. The summed E-state index contributed by atoms with van der Waals surface area (Å²) in [6, 6.07) is 0. The second-order valence-corrected chi connectivity index (χ2v) is 13.0. The van der Waals surface area contributed by atoms with Crippen molar-refractivity contribution in [3.63, 3.8) is 0 Å². The summed E-state index contributed by atoms with van der Waals surface area (Å²) in [4.78, 5) is 0. The average Bonchev–Trinajstić information content (AvgIpc) is 3.02. The molecule has 3 heteroatoms. The normalized spacial score (nSPS) is 11.7. The first-order valence-corrected chi connectivity index (χ1v) is 19.6. The number of hydrogen-bond donors (Lipinski definition) is 0. The van der Waals surface area contributed by atoms with E-state index in [0.717, 1.165) is 26.1 Å². The molecule has 0 radical (unpaired) electrons. The van der Waals surface area contributed by atoms with Crippen LogP contribution in [0.15, 0.2) is 25.0 Å². The minimum atomic E-state index is 0.776. The third kappa shape index (κ3) is 40.9. The highest BCUT2D eigenvalue weighted by Gasteiger charge is 1.96. The van der Waals surface area contributed by atoms with Gasteiger partial charge in [0, 0.05) is 0 Å². The minimum Gasteiger partial charge on any atom is -0.498 e. The molecular weight excluding hydrogens is 528 g/mol. The highest BCUT2D eigenvalue weighted by molar-refractivity contribution is 4.69. The van der Waals surface area contributed by atoms with Gasteiger partial charge in [0.15, 0.2) is 0 Å². The molecule has 43 heavy (non-hydrogen) atoms. The third-order valence-electron chi connectivity index (χ3n) is 8.69. The van der Waals surface area contributed by atoms with E-state index in [2.05, 4.69) is 13.8 Å². The van der Waals surface area contributed by atoms with E-state index in [0.29, 0.717) is 0 Å². The van der Waals surface area contributed by atoms with Gasteiger partial charge < -0.3 is 14.2 Å². The zero-order chi connectivity index (χ0) is 31.0. The molecule has 0 bridgehead atoms. The van der Waals surface area contributed by atoms with E-state index in [1.807, 2.05) is 0 Å². The third-order valence-corrected chi connectivity index (χ3v) is 8.69. The van der Waals surface area contributed by atoms with E-state index in [4.69, 9.17) is 14.2 Å². The van der Waals surface area contributed by atoms with E-state index in [-0.39, 0.29) is 0 Å². The van der Waals surface area contributed by atoms with Crippen LogP contribution < -0.4 is 0 Å². The maximum Gasteiger partial charge on any atom is 0.125 e. The summed E-state index contributed by atoms with van der Waals surface area (Å²) in [7, 11) is 0. The standard InChI is InChI=1S/C40H78O3/c1-3-5-7-9-11-13-15-17-19-21-23-25-27-29-31-33-35-41-37-39-43-40-38-42-36-34-32-30-28-26-24-22-20-18-16-14-12-10-8-6-4-2/h37-40H,3-36H2,1-2H3. The van der Waals surface area contributed by atoms with Crippen LogP contribution in [0.4, 0.5) is 0 Å². The van der Waals surface area contributed by atoms with Crippen molar-refractivity contribution < 1.29 is 14.2 Å². The summed E-state index contributed by atoms with van der Waals surface area (Å²) in [5.74, 6) is 0. The molecule has 0 aliphatic rings. The van der Waals surface area contributed by atoms with Crippen molar-refractivity contribution in [3.05, 3.63) is 25.0 Å². The second-order valence-electron chi connectivity index (χ2n) is 13.0. The summed E-state index contributed by atoms with van der Waals surface area (Å²) in [5.41, 5.74) is 0. The molecule has 0 saturated heterocycles. The van der Waals surface area contributed by atoms with E-state index in [1.54, 1.807) is 25.0 Å². The van der Waals surface area contributed by atoms with Gasteiger partial charge in [0.2, 0.25) is 0 Å². The Morgan fingerprint density at radius 2 is 0.465 bits per heavy atom. The van der Waals surface area contributed by atoms with Crippen molar-refractivity contribution in [1.82, 2.24) is 0 Å². The number of rotatable bonds is 38. The van der Waals surface area contributed by atoms with Gasteiger partial charge in [0.25, 0.3) is 0 Å². The Morgan fingerprint density at radius 1 is 0.256 bits per heavy atom. The molecule has 0 fully saturated rings. The Balaban J connectivity index is 3.14. The quantitative estimate of drug-likeness (QED) is 0.0517. The zero-order valence-electron chi connectivity index (χ0n) is 29.6. The lowest BCUT2D eigenvalue weighted by molar-refractivity contribution is 0.215. The van der Waals surface area contributed by atoms with Crippen LogP contribution in [0.2, 0.25) is 0 Å². The molecule has 0 aliphatic heterocycles. The van der Waals surface area contributed by atoms with E-state index in [9.17, 15) is 0 Å². The molecule has 0 atom stereocenters. The van der Waals surface area contributed by atoms with Gasteiger partial charge in [0.05, 0.1) is 13.2 Å². The molecule has 3 nitrogen and oxygen atoms in total. The van der Waals surface area contributed by atoms with Gasteiger partial charge in [0.1, 0.15) is 25.0 Å². The van der Waals surface area contributed by atoms with Crippen molar-refractivity contribution >= 4 is 0 Å². The van der Waals surface area contributed by atoms with Crippen molar-refractivity contribution in [2.24, 2.45) is 0 Å². The molecule has 0 aromatic carbocycles. The summed E-state index contributed by atoms with van der Waals surface area (Å²) in [6.45, 7) is 6.14. The lowest BCUT2D eigenvalue weighted by atomic mass is 10.0. The molecule has 0 rings (SSSR count). The summed E-state index contributed by atoms with van der Waals surface area (Å²) in [5, 5.41) is 0. The highest BCUT2D eigenvalue weighted by Crippen LogP contribution is 2.15. The summed E-state index contributed by atoms with van der Waals surface area (Å²) < 4.78 is 16.3. The van der Waals surface area contributed by atoms with Crippen LogP contribution in [0.5, 0.6) is 0 Å². The fourth-order valence-corrected chi connectivity index (χ4v) is 5.79. The first-order chi connectivity index (χ1) is 21.4. The van der Waals surface area contributed by atoms with Gasteiger partial charge >= 0.3 is 0 Å². The zero-order valence-corrected chi connectivity index (χ0v) is 29.6. The van der Waals surface area contributed by atoms with E-state index >= 15 is 0 Å². The van der Waals surface area contributed by atoms with Crippen LogP contribution in [0.25, 0.3) is 0 Å². The van der Waals surface area contributed by atoms with Gasteiger partial charge in [-0.2, -0.15) is 0 Å². The Labute approximate surface area is 271 Å². The molecule has 0 aromatic heterocycles. The van der Waals surface area contributed by atoms with Crippen LogP contribution in [0.1, 0.15) is 219 Å². The predicted molar refractivity (Wildman–Crippen MR) is 190 cm³/mol. The molecule has 256 valence electrons. The van der Waals surface area contributed by atoms with Crippen LogP contribution in [-0.4, -0.2) is 13.2 Å².